The van der Waals surface area contributed by atoms with E-state index in [0.29, 0.717) is 6.61 Å². The Morgan fingerprint density at radius 3 is 2.82 bits per heavy atom. The van der Waals surface area contributed by atoms with Crippen molar-refractivity contribution >= 4 is 5.97 Å². The molecular weight excluding hydrogens is 228 g/mol. The van der Waals surface area contributed by atoms with Crippen molar-refractivity contribution in [1.29, 1.82) is 0 Å². The fourth-order valence-corrected chi connectivity index (χ4v) is 2.73. The Hall–Kier alpha value is -0.690. The molecule has 2 bridgehead atoms. The van der Waals surface area contributed by atoms with Crippen molar-refractivity contribution < 1.29 is 28.5 Å². The molecular formula is C11H16O6. The second kappa shape index (κ2) is 3.41. The van der Waals surface area contributed by atoms with Crippen LogP contribution in [0.1, 0.15) is 20.3 Å². The van der Waals surface area contributed by atoms with Gasteiger partial charge in [-0.2, -0.15) is 0 Å². The average Bonchev–Trinajstić information content (AvgIpc) is 2.85. The number of carbonyl (C=O) groups excluding carboxylic acids is 1. The van der Waals surface area contributed by atoms with Crippen LogP contribution in [-0.2, 0) is 28.5 Å². The first kappa shape index (κ1) is 11.4. The molecule has 0 saturated carbocycles. The standard InChI is InChI=1S/C11H16O6/c1-10(2)16-8-6-5-14-11(15-6,9(8)17-10)4-7(12)13-3/h6,8-9H,4-5H2,1-3H3/t6-,8-,9-,11-/m1/s1. The molecule has 0 aliphatic carbocycles. The molecule has 0 aromatic heterocycles. The summed E-state index contributed by atoms with van der Waals surface area (Å²) >= 11 is 0. The molecule has 17 heavy (non-hydrogen) atoms. The van der Waals surface area contributed by atoms with Crippen LogP contribution in [0.15, 0.2) is 0 Å². The number of fused-ring (bicyclic) bond motifs is 5. The first-order chi connectivity index (χ1) is 7.96. The molecule has 3 aliphatic rings. The second-order valence-corrected chi connectivity index (χ2v) is 5.05. The van der Waals surface area contributed by atoms with E-state index in [4.69, 9.17) is 18.9 Å². The minimum atomic E-state index is -1.03. The molecule has 0 amide bonds. The molecule has 6 heteroatoms. The Bertz CT molecular complexity index is 354. The van der Waals surface area contributed by atoms with Gasteiger partial charge in [0.05, 0.1) is 13.7 Å². The molecule has 0 radical (unpaired) electrons. The van der Waals surface area contributed by atoms with Gasteiger partial charge in [0.25, 0.3) is 0 Å². The topological polar surface area (TPSA) is 63.2 Å². The maximum absolute atomic E-state index is 11.4. The summed E-state index contributed by atoms with van der Waals surface area (Å²) in [6.45, 7) is 4.12. The molecule has 96 valence electrons. The lowest BCUT2D eigenvalue weighted by atomic mass is 10.00. The Morgan fingerprint density at radius 1 is 1.35 bits per heavy atom. The summed E-state index contributed by atoms with van der Waals surface area (Å²) in [7, 11) is 1.34. The van der Waals surface area contributed by atoms with E-state index in [1.54, 1.807) is 0 Å². The second-order valence-electron chi connectivity index (χ2n) is 5.05. The summed E-state index contributed by atoms with van der Waals surface area (Å²) in [6, 6.07) is 0. The molecule has 0 aromatic rings. The predicted molar refractivity (Wildman–Crippen MR) is 54.0 cm³/mol. The van der Waals surface area contributed by atoms with E-state index in [1.807, 2.05) is 13.8 Å². The summed E-state index contributed by atoms with van der Waals surface area (Å²) in [6.07, 6.45) is -0.661. The Labute approximate surface area is 99.1 Å². The molecule has 0 unspecified atom stereocenters. The van der Waals surface area contributed by atoms with Gasteiger partial charge in [0, 0.05) is 0 Å². The quantitative estimate of drug-likeness (QED) is 0.646. The van der Waals surface area contributed by atoms with Crippen molar-refractivity contribution in [2.24, 2.45) is 0 Å². The van der Waals surface area contributed by atoms with Gasteiger partial charge >= 0.3 is 5.97 Å². The first-order valence-electron chi connectivity index (χ1n) is 5.70. The van der Waals surface area contributed by atoms with Gasteiger partial charge in [0.15, 0.2) is 5.79 Å². The Balaban J connectivity index is 1.84. The van der Waals surface area contributed by atoms with Gasteiger partial charge in [-0.25, -0.2) is 0 Å². The molecule has 4 atom stereocenters. The number of hydrogen-bond donors (Lipinski definition) is 0. The Morgan fingerprint density at radius 2 is 2.12 bits per heavy atom. The minimum absolute atomic E-state index is 0.0284. The molecule has 3 saturated heterocycles. The number of methoxy groups -OCH3 is 1. The number of rotatable bonds is 2. The molecule has 3 rings (SSSR count). The van der Waals surface area contributed by atoms with Gasteiger partial charge in [-0.3, -0.25) is 4.79 Å². The van der Waals surface area contributed by atoms with Crippen molar-refractivity contribution in [3.8, 4) is 0 Å². The molecule has 6 nitrogen and oxygen atoms in total. The van der Waals surface area contributed by atoms with Crippen molar-refractivity contribution in [1.82, 2.24) is 0 Å². The largest absolute Gasteiger partial charge is 0.469 e. The van der Waals surface area contributed by atoms with Crippen LogP contribution in [-0.4, -0.2) is 49.6 Å². The number of carbonyl (C=O) groups is 1. The zero-order chi connectivity index (χ0) is 12.3. The van der Waals surface area contributed by atoms with Crippen LogP contribution in [0.4, 0.5) is 0 Å². The van der Waals surface area contributed by atoms with Gasteiger partial charge in [-0.1, -0.05) is 0 Å². The summed E-state index contributed by atoms with van der Waals surface area (Å²) in [5.74, 6) is -2.07. The smallest absolute Gasteiger partial charge is 0.311 e. The maximum Gasteiger partial charge on any atom is 0.311 e. The lowest BCUT2D eigenvalue weighted by molar-refractivity contribution is -0.244. The maximum atomic E-state index is 11.4. The van der Waals surface area contributed by atoms with Crippen LogP contribution in [0.3, 0.4) is 0 Å². The van der Waals surface area contributed by atoms with Crippen LogP contribution >= 0.6 is 0 Å². The predicted octanol–water partition coefficient (Wildman–Crippen LogP) is 0.195. The highest BCUT2D eigenvalue weighted by Gasteiger charge is 2.68. The highest BCUT2D eigenvalue weighted by molar-refractivity contribution is 5.70. The van der Waals surface area contributed by atoms with E-state index in [2.05, 4.69) is 4.74 Å². The number of hydrogen-bond acceptors (Lipinski definition) is 6. The SMILES string of the molecule is COC(=O)C[C@@]12OC[C@@H](O1)[C@H]1OC(C)(C)O[C@H]12. The number of ether oxygens (including phenoxy) is 5. The van der Waals surface area contributed by atoms with Crippen LogP contribution in [0.5, 0.6) is 0 Å². The molecule has 3 heterocycles. The Kier molecular flexibility index (Phi) is 2.29. The van der Waals surface area contributed by atoms with Crippen LogP contribution in [0, 0.1) is 0 Å². The lowest BCUT2D eigenvalue weighted by Crippen LogP contribution is -2.48. The average molecular weight is 244 g/mol. The van der Waals surface area contributed by atoms with Crippen LogP contribution in [0.25, 0.3) is 0 Å². The summed E-state index contributed by atoms with van der Waals surface area (Å²) in [5, 5.41) is 0. The van der Waals surface area contributed by atoms with E-state index in [1.165, 1.54) is 7.11 Å². The monoisotopic (exact) mass is 244 g/mol. The summed E-state index contributed by atoms with van der Waals surface area (Å²) in [5.41, 5.74) is 0. The fourth-order valence-electron chi connectivity index (χ4n) is 2.73. The van der Waals surface area contributed by atoms with E-state index in [9.17, 15) is 4.79 Å². The van der Waals surface area contributed by atoms with Gasteiger partial charge in [-0.15, -0.1) is 0 Å². The third kappa shape index (κ3) is 1.59. The molecule has 3 fully saturated rings. The van der Waals surface area contributed by atoms with Crippen molar-refractivity contribution in [3.63, 3.8) is 0 Å². The molecule has 0 N–H and O–H groups in total. The van der Waals surface area contributed by atoms with Gasteiger partial charge < -0.3 is 23.7 Å². The third-order valence-corrected chi connectivity index (χ3v) is 3.39. The number of esters is 1. The summed E-state index contributed by atoms with van der Waals surface area (Å²) < 4.78 is 27.5. The normalized spacial score (nSPS) is 45.9. The van der Waals surface area contributed by atoms with E-state index < -0.39 is 11.6 Å². The zero-order valence-electron chi connectivity index (χ0n) is 10.1. The molecule has 0 aromatic carbocycles. The summed E-state index contributed by atoms with van der Waals surface area (Å²) in [4.78, 5) is 11.4. The van der Waals surface area contributed by atoms with Gasteiger partial charge in [0.1, 0.15) is 24.7 Å². The fraction of sp³-hybridized carbons (Fsp3) is 0.909. The minimum Gasteiger partial charge on any atom is -0.469 e. The molecule has 3 aliphatic heterocycles. The lowest BCUT2D eigenvalue weighted by Gasteiger charge is -2.30. The van der Waals surface area contributed by atoms with Crippen molar-refractivity contribution in [2.45, 2.75) is 50.2 Å². The van der Waals surface area contributed by atoms with E-state index >= 15 is 0 Å². The van der Waals surface area contributed by atoms with Crippen molar-refractivity contribution in [3.05, 3.63) is 0 Å². The van der Waals surface area contributed by atoms with Gasteiger partial charge in [-0.05, 0) is 13.8 Å². The third-order valence-electron chi connectivity index (χ3n) is 3.39. The highest BCUT2D eigenvalue weighted by Crippen LogP contribution is 2.50. The van der Waals surface area contributed by atoms with Crippen LogP contribution < -0.4 is 0 Å². The van der Waals surface area contributed by atoms with Gasteiger partial charge in [0.2, 0.25) is 5.79 Å². The van der Waals surface area contributed by atoms with E-state index in [0.717, 1.165) is 0 Å². The zero-order valence-corrected chi connectivity index (χ0v) is 10.1. The van der Waals surface area contributed by atoms with Crippen LogP contribution in [0.2, 0.25) is 0 Å². The highest BCUT2D eigenvalue weighted by atomic mass is 16.8. The van der Waals surface area contributed by atoms with Crippen molar-refractivity contribution in [2.75, 3.05) is 13.7 Å². The molecule has 0 spiro atoms. The first-order valence-corrected chi connectivity index (χ1v) is 5.70. The van der Waals surface area contributed by atoms with E-state index in [-0.39, 0.29) is 30.7 Å².